The lowest BCUT2D eigenvalue weighted by molar-refractivity contribution is 0.113. The van der Waals surface area contributed by atoms with Gasteiger partial charge in [-0.2, -0.15) is 0 Å². The first-order valence-corrected chi connectivity index (χ1v) is 7.56. The van der Waals surface area contributed by atoms with Gasteiger partial charge >= 0.3 is 0 Å². The van der Waals surface area contributed by atoms with E-state index < -0.39 is 28.0 Å². The Labute approximate surface area is 111 Å². The van der Waals surface area contributed by atoms with Crippen LogP contribution < -0.4 is 10.0 Å². The smallest absolute Gasteiger partial charge is 0.241 e. The Hall–Kier alpha value is -1.02. The van der Waals surface area contributed by atoms with Gasteiger partial charge < -0.3 is 10.4 Å². The van der Waals surface area contributed by atoms with E-state index in [9.17, 15) is 17.9 Å². The molecule has 2 atom stereocenters. The minimum Gasteiger partial charge on any atom is -0.390 e. The summed E-state index contributed by atoms with van der Waals surface area (Å²) in [6.45, 7) is 2.54. The van der Waals surface area contributed by atoms with Gasteiger partial charge in [0.2, 0.25) is 10.0 Å². The van der Waals surface area contributed by atoms with Crippen molar-refractivity contribution >= 4 is 10.0 Å². The molecule has 106 valence electrons. The predicted octanol–water partition coefficient (Wildman–Crippen LogP) is 0.135. The number of hydrogen-bond acceptors (Lipinski definition) is 4. The summed E-state index contributed by atoms with van der Waals surface area (Å²) in [6.07, 6.45) is -0.284. The van der Waals surface area contributed by atoms with Crippen molar-refractivity contribution in [1.29, 1.82) is 0 Å². The standard InChI is InChI=1S/C12H17FN2O3S/c1-8-2-3-9(6-10(8)13)19(17,18)15-11-4-5-14-7-12(11)16/h2-3,6,11-12,14-16H,4-5,7H2,1H3/t11-,12-/m1/s1. The highest BCUT2D eigenvalue weighted by molar-refractivity contribution is 7.89. The second-order valence-corrected chi connectivity index (χ2v) is 6.41. The van der Waals surface area contributed by atoms with Crippen molar-refractivity contribution in [2.24, 2.45) is 0 Å². The van der Waals surface area contributed by atoms with Gasteiger partial charge in [-0.1, -0.05) is 6.07 Å². The molecule has 0 aromatic heterocycles. The molecular weight excluding hydrogens is 271 g/mol. The van der Waals surface area contributed by atoms with Crippen LogP contribution in [0.2, 0.25) is 0 Å². The number of halogens is 1. The van der Waals surface area contributed by atoms with Crippen molar-refractivity contribution in [2.45, 2.75) is 30.4 Å². The fourth-order valence-corrected chi connectivity index (χ4v) is 3.30. The molecule has 1 aromatic rings. The lowest BCUT2D eigenvalue weighted by Gasteiger charge is -2.28. The number of sulfonamides is 1. The largest absolute Gasteiger partial charge is 0.390 e. The van der Waals surface area contributed by atoms with Gasteiger partial charge in [0, 0.05) is 6.54 Å². The van der Waals surface area contributed by atoms with Gasteiger partial charge in [-0.05, 0) is 37.6 Å². The number of aliphatic hydroxyl groups is 1. The van der Waals surface area contributed by atoms with Crippen LogP contribution in [0, 0.1) is 12.7 Å². The molecule has 0 radical (unpaired) electrons. The number of rotatable bonds is 3. The van der Waals surface area contributed by atoms with E-state index in [2.05, 4.69) is 10.0 Å². The first-order valence-electron chi connectivity index (χ1n) is 6.07. The fraction of sp³-hybridized carbons (Fsp3) is 0.500. The zero-order valence-electron chi connectivity index (χ0n) is 10.6. The highest BCUT2D eigenvalue weighted by Gasteiger charge is 2.28. The van der Waals surface area contributed by atoms with Crippen LogP contribution in [0.25, 0.3) is 0 Å². The van der Waals surface area contributed by atoms with Crippen LogP contribution in [0.5, 0.6) is 0 Å². The van der Waals surface area contributed by atoms with Crippen molar-refractivity contribution in [3.8, 4) is 0 Å². The maximum Gasteiger partial charge on any atom is 0.241 e. The summed E-state index contributed by atoms with van der Waals surface area (Å²) in [7, 11) is -3.81. The van der Waals surface area contributed by atoms with Crippen molar-refractivity contribution in [3.63, 3.8) is 0 Å². The molecule has 1 aliphatic rings. The molecule has 1 aromatic carbocycles. The maximum absolute atomic E-state index is 13.4. The number of piperidine rings is 1. The highest BCUT2D eigenvalue weighted by Crippen LogP contribution is 2.16. The van der Waals surface area contributed by atoms with E-state index in [1.54, 1.807) is 6.92 Å². The van der Waals surface area contributed by atoms with Crippen molar-refractivity contribution in [2.75, 3.05) is 13.1 Å². The number of aryl methyl sites for hydroxylation is 1. The zero-order valence-corrected chi connectivity index (χ0v) is 11.4. The van der Waals surface area contributed by atoms with Gasteiger partial charge in [-0.3, -0.25) is 0 Å². The topological polar surface area (TPSA) is 78.4 Å². The van der Waals surface area contributed by atoms with Gasteiger partial charge in [0.25, 0.3) is 0 Å². The Kier molecular flexibility index (Phi) is 4.19. The SMILES string of the molecule is Cc1ccc(S(=O)(=O)N[C@@H]2CCNC[C@H]2O)cc1F. The van der Waals surface area contributed by atoms with E-state index >= 15 is 0 Å². The molecule has 0 saturated carbocycles. The molecule has 0 aliphatic carbocycles. The van der Waals surface area contributed by atoms with E-state index in [0.717, 1.165) is 6.07 Å². The third-order valence-corrected chi connectivity index (χ3v) is 4.70. The van der Waals surface area contributed by atoms with E-state index in [0.29, 0.717) is 25.1 Å². The zero-order chi connectivity index (χ0) is 14.0. The Morgan fingerprint density at radius 3 is 2.84 bits per heavy atom. The minimum atomic E-state index is -3.81. The highest BCUT2D eigenvalue weighted by atomic mass is 32.2. The summed E-state index contributed by atoms with van der Waals surface area (Å²) in [4.78, 5) is -0.124. The first kappa shape index (κ1) is 14.4. The van der Waals surface area contributed by atoms with Crippen LogP contribution in [-0.2, 0) is 10.0 Å². The van der Waals surface area contributed by atoms with Crippen molar-refractivity contribution < 1.29 is 17.9 Å². The summed E-state index contributed by atoms with van der Waals surface area (Å²) >= 11 is 0. The van der Waals surface area contributed by atoms with Gasteiger partial charge in [-0.15, -0.1) is 0 Å². The number of benzene rings is 1. The molecule has 0 spiro atoms. The Morgan fingerprint density at radius 1 is 1.47 bits per heavy atom. The molecule has 7 heteroatoms. The van der Waals surface area contributed by atoms with Crippen LogP contribution in [0.1, 0.15) is 12.0 Å². The normalized spacial score (nSPS) is 24.4. The maximum atomic E-state index is 13.4. The average molecular weight is 288 g/mol. The summed E-state index contributed by atoms with van der Waals surface area (Å²) in [5, 5.41) is 12.7. The molecule has 0 bridgehead atoms. The summed E-state index contributed by atoms with van der Waals surface area (Å²) in [6, 6.07) is 3.22. The monoisotopic (exact) mass is 288 g/mol. The van der Waals surface area contributed by atoms with E-state index in [1.165, 1.54) is 12.1 Å². The average Bonchev–Trinajstić information content (AvgIpc) is 2.35. The van der Waals surface area contributed by atoms with Gasteiger partial charge in [0.15, 0.2) is 0 Å². The third-order valence-electron chi connectivity index (χ3n) is 3.21. The number of aliphatic hydroxyl groups excluding tert-OH is 1. The number of hydrogen-bond donors (Lipinski definition) is 3. The molecule has 3 N–H and O–H groups in total. The number of β-amino-alcohol motifs (C(OH)–C–C–N with tert-alkyl or cyclic N) is 1. The minimum absolute atomic E-state index is 0.124. The van der Waals surface area contributed by atoms with Crippen LogP contribution in [0.4, 0.5) is 4.39 Å². The molecule has 1 aliphatic heterocycles. The molecule has 1 heterocycles. The van der Waals surface area contributed by atoms with Crippen LogP contribution in [-0.4, -0.2) is 38.8 Å². The van der Waals surface area contributed by atoms with Gasteiger partial charge in [-0.25, -0.2) is 17.5 Å². The molecule has 2 rings (SSSR count). The Balaban J connectivity index is 2.19. The predicted molar refractivity (Wildman–Crippen MR) is 68.7 cm³/mol. The molecular formula is C12H17FN2O3S. The molecule has 0 unspecified atom stereocenters. The summed E-state index contributed by atoms with van der Waals surface area (Å²) < 4.78 is 40.0. The Bertz CT molecular complexity index is 562. The quantitative estimate of drug-likeness (QED) is 0.739. The summed E-state index contributed by atoms with van der Waals surface area (Å²) in [5.74, 6) is -0.561. The van der Waals surface area contributed by atoms with Crippen LogP contribution in [0.15, 0.2) is 23.1 Å². The number of nitrogens with one attached hydrogen (secondary N) is 2. The summed E-state index contributed by atoms with van der Waals surface area (Å²) in [5.41, 5.74) is 0.390. The van der Waals surface area contributed by atoms with Crippen LogP contribution >= 0.6 is 0 Å². The molecule has 5 nitrogen and oxygen atoms in total. The third kappa shape index (κ3) is 3.30. The second kappa shape index (κ2) is 5.54. The molecule has 0 amide bonds. The Morgan fingerprint density at radius 2 is 2.21 bits per heavy atom. The van der Waals surface area contributed by atoms with Crippen molar-refractivity contribution in [3.05, 3.63) is 29.6 Å². The molecule has 1 saturated heterocycles. The van der Waals surface area contributed by atoms with Crippen LogP contribution in [0.3, 0.4) is 0 Å². The fourth-order valence-electron chi connectivity index (χ4n) is 1.99. The van der Waals surface area contributed by atoms with Crippen molar-refractivity contribution in [1.82, 2.24) is 10.0 Å². The molecule has 1 fully saturated rings. The lowest BCUT2D eigenvalue weighted by atomic mass is 10.1. The second-order valence-electron chi connectivity index (χ2n) is 4.70. The first-order chi connectivity index (χ1) is 8.90. The van der Waals surface area contributed by atoms with E-state index in [1.807, 2.05) is 0 Å². The van der Waals surface area contributed by atoms with Gasteiger partial charge in [0.1, 0.15) is 5.82 Å². The van der Waals surface area contributed by atoms with E-state index in [-0.39, 0.29) is 4.90 Å². The lowest BCUT2D eigenvalue weighted by Crippen LogP contribution is -2.52. The van der Waals surface area contributed by atoms with E-state index in [4.69, 9.17) is 0 Å². The molecule has 19 heavy (non-hydrogen) atoms. The van der Waals surface area contributed by atoms with Gasteiger partial charge in [0.05, 0.1) is 17.0 Å².